The molecular formula is C14H25NO4. The first-order valence-electron chi connectivity index (χ1n) is 6.77. The van der Waals surface area contributed by atoms with Gasteiger partial charge in [0.25, 0.3) is 0 Å². The van der Waals surface area contributed by atoms with E-state index < -0.39 is 11.8 Å². The van der Waals surface area contributed by atoms with E-state index in [-0.39, 0.29) is 12.0 Å². The molecule has 1 fully saturated rings. The van der Waals surface area contributed by atoms with Crippen LogP contribution < -0.4 is 5.32 Å². The van der Waals surface area contributed by atoms with Crippen LogP contribution in [0.1, 0.15) is 32.6 Å². The van der Waals surface area contributed by atoms with Crippen molar-refractivity contribution in [3.63, 3.8) is 0 Å². The summed E-state index contributed by atoms with van der Waals surface area (Å²) in [5, 5.41) is 12.1. The van der Waals surface area contributed by atoms with Crippen molar-refractivity contribution >= 4 is 5.97 Å². The molecule has 2 N–H and O–H groups in total. The second-order valence-electron chi connectivity index (χ2n) is 5.00. The largest absolute Gasteiger partial charge is 0.481 e. The van der Waals surface area contributed by atoms with Crippen molar-refractivity contribution < 1.29 is 19.4 Å². The molecule has 0 radical (unpaired) electrons. The predicted molar refractivity (Wildman–Crippen MR) is 72.9 cm³/mol. The van der Waals surface area contributed by atoms with Crippen LogP contribution in [0.25, 0.3) is 0 Å². The van der Waals surface area contributed by atoms with Gasteiger partial charge in [0.05, 0.1) is 12.0 Å². The van der Waals surface area contributed by atoms with Crippen molar-refractivity contribution in [2.75, 3.05) is 20.8 Å². The second-order valence-corrected chi connectivity index (χ2v) is 5.00. The molecule has 110 valence electrons. The van der Waals surface area contributed by atoms with Crippen LogP contribution in [0.4, 0.5) is 0 Å². The smallest absolute Gasteiger partial charge is 0.306 e. The Morgan fingerprint density at radius 1 is 1.47 bits per heavy atom. The SMILES string of the molecule is COC1(OC)CCN[C@H]1CC=CCCC(C)C(=O)O. The molecule has 0 spiro atoms. The first-order chi connectivity index (χ1) is 9.05. The molecule has 19 heavy (non-hydrogen) atoms. The summed E-state index contributed by atoms with van der Waals surface area (Å²) >= 11 is 0. The summed E-state index contributed by atoms with van der Waals surface area (Å²) in [6, 6.07) is 0.149. The van der Waals surface area contributed by atoms with E-state index >= 15 is 0 Å². The minimum absolute atomic E-state index is 0.149. The Labute approximate surface area is 115 Å². The summed E-state index contributed by atoms with van der Waals surface area (Å²) in [7, 11) is 3.34. The van der Waals surface area contributed by atoms with Gasteiger partial charge in [0.1, 0.15) is 0 Å². The van der Waals surface area contributed by atoms with Crippen molar-refractivity contribution in [1.82, 2.24) is 5.32 Å². The molecule has 0 aromatic rings. The van der Waals surface area contributed by atoms with Crippen LogP contribution in [-0.4, -0.2) is 43.7 Å². The summed E-state index contributed by atoms with van der Waals surface area (Å²) in [6.07, 6.45) is 7.23. The summed E-state index contributed by atoms with van der Waals surface area (Å²) in [5.74, 6) is -1.55. The topological polar surface area (TPSA) is 67.8 Å². The second kappa shape index (κ2) is 7.62. The molecule has 0 aromatic heterocycles. The lowest BCUT2D eigenvalue weighted by atomic mass is 10.0. The van der Waals surface area contributed by atoms with Gasteiger partial charge in [-0.25, -0.2) is 0 Å². The molecule has 1 heterocycles. The number of rotatable bonds is 8. The maximum absolute atomic E-state index is 10.7. The highest BCUT2D eigenvalue weighted by Crippen LogP contribution is 2.28. The molecular weight excluding hydrogens is 246 g/mol. The van der Waals surface area contributed by atoms with Crippen molar-refractivity contribution in [3.8, 4) is 0 Å². The minimum Gasteiger partial charge on any atom is -0.481 e. The minimum atomic E-state index is -0.733. The standard InChI is InChI=1S/C14H25NO4/c1-11(13(16)17)7-5-4-6-8-12-14(18-2,19-3)9-10-15-12/h4,6,11-12,15H,5,7-10H2,1-3H3,(H,16,17)/t11?,12-/m0/s1. The maximum atomic E-state index is 10.7. The number of methoxy groups -OCH3 is 2. The summed E-state index contributed by atoms with van der Waals surface area (Å²) in [5.41, 5.74) is 0. The first kappa shape index (κ1) is 16.1. The molecule has 1 aliphatic heterocycles. The molecule has 0 amide bonds. The Morgan fingerprint density at radius 3 is 2.74 bits per heavy atom. The van der Waals surface area contributed by atoms with E-state index in [9.17, 15) is 4.79 Å². The lowest BCUT2D eigenvalue weighted by Crippen LogP contribution is -2.45. The average molecular weight is 271 g/mol. The highest BCUT2D eigenvalue weighted by atomic mass is 16.7. The van der Waals surface area contributed by atoms with E-state index in [2.05, 4.69) is 11.4 Å². The molecule has 1 aliphatic rings. The van der Waals surface area contributed by atoms with E-state index in [1.54, 1.807) is 21.1 Å². The molecule has 1 rings (SSSR count). The molecule has 1 saturated heterocycles. The normalized spacial score (nSPS) is 23.8. The Hall–Kier alpha value is -0.910. The fourth-order valence-electron chi connectivity index (χ4n) is 2.41. The van der Waals surface area contributed by atoms with Crippen molar-refractivity contribution in [2.24, 2.45) is 5.92 Å². The quantitative estimate of drug-likeness (QED) is 0.520. The van der Waals surface area contributed by atoms with E-state index in [1.807, 2.05) is 6.08 Å². The monoisotopic (exact) mass is 271 g/mol. The molecule has 1 unspecified atom stereocenters. The van der Waals surface area contributed by atoms with Crippen LogP contribution in [0.2, 0.25) is 0 Å². The number of hydrogen-bond donors (Lipinski definition) is 2. The van der Waals surface area contributed by atoms with Crippen molar-refractivity contribution in [1.29, 1.82) is 0 Å². The molecule has 2 atom stereocenters. The third kappa shape index (κ3) is 4.30. The predicted octanol–water partition coefficient (Wildman–Crippen LogP) is 1.78. The molecule has 0 bridgehead atoms. The zero-order valence-corrected chi connectivity index (χ0v) is 12.0. The van der Waals surface area contributed by atoms with Crippen LogP contribution >= 0.6 is 0 Å². The Bertz CT molecular complexity index is 313. The maximum Gasteiger partial charge on any atom is 0.306 e. The molecule has 0 aromatic carbocycles. The summed E-state index contributed by atoms with van der Waals surface area (Å²) < 4.78 is 11.0. The number of nitrogens with one attached hydrogen (secondary N) is 1. The van der Waals surface area contributed by atoms with Gasteiger partial charge in [-0.15, -0.1) is 0 Å². The summed E-state index contributed by atoms with van der Waals surface area (Å²) in [6.45, 7) is 2.62. The number of carbonyl (C=O) groups is 1. The Morgan fingerprint density at radius 2 is 2.16 bits per heavy atom. The van der Waals surface area contributed by atoms with E-state index in [1.165, 1.54) is 0 Å². The molecule has 5 heteroatoms. The average Bonchev–Trinajstić information content (AvgIpc) is 2.81. The Balaban J connectivity index is 2.33. The highest BCUT2D eigenvalue weighted by molar-refractivity contribution is 5.69. The van der Waals surface area contributed by atoms with Crippen LogP contribution in [0.3, 0.4) is 0 Å². The van der Waals surface area contributed by atoms with E-state index in [0.717, 1.165) is 25.8 Å². The van der Waals surface area contributed by atoms with Crippen LogP contribution in [0, 0.1) is 5.92 Å². The first-order valence-corrected chi connectivity index (χ1v) is 6.77. The van der Waals surface area contributed by atoms with Gasteiger partial charge in [-0.3, -0.25) is 4.79 Å². The number of ether oxygens (including phenoxy) is 2. The lowest BCUT2D eigenvalue weighted by molar-refractivity contribution is -0.210. The number of hydrogen-bond acceptors (Lipinski definition) is 4. The van der Waals surface area contributed by atoms with Gasteiger partial charge in [0.15, 0.2) is 5.79 Å². The fraction of sp³-hybridized carbons (Fsp3) is 0.786. The zero-order chi connectivity index (χ0) is 14.3. The summed E-state index contributed by atoms with van der Waals surface area (Å²) in [4.78, 5) is 10.7. The third-order valence-corrected chi connectivity index (χ3v) is 3.81. The van der Waals surface area contributed by atoms with Gasteiger partial charge in [-0.2, -0.15) is 0 Å². The number of allylic oxidation sites excluding steroid dienone is 1. The number of carboxylic acids is 1. The van der Waals surface area contributed by atoms with Crippen LogP contribution in [0.15, 0.2) is 12.2 Å². The van der Waals surface area contributed by atoms with E-state index in [4.69, 9.17) is 14.6 Å². The van der Waals surface area contributed by atoms with Crippen LogP contribution in [-0.2, 0) is 14.3 Å². The molecule has 0 aliphatic carbocycles. The van der Waals surface area contributed by atoms with Gasteiger partial charge in [-0.05, 0) is 19.3 Å². The zero-order valence-electron chi connectivity index (χ0n) is 12.0. The number of aliphatic carboxylic acids is 1. The fourth-order valence-corrected chi connectivity index (χ4v) is 2.41. The highest BCUT2D eigenvalue weighted by Gasteiger charge is 2.42. The van der Waals surface area contributed by atoms with Gasteiger partial charge < -0.3 is 19.9 Å². The number of carboxylic acid groups (broad SMARTS) is 1. The van der Waals surface area contributed by atoms with Gasteiger partial charge >= 0.3 is 5.97 Å². The van der Waals surface area contributed by atoms with Crippen molar-refractivity contribution in [2.45, 2.75) is 44.4 Å². The molecule has 0 saturated carbocycles. The van der Waals surface area contributed by atoms with Gasteiger partial charge in [0, 0.05) is 27.2 Å². The van der Waals surface area contributed by atoms with Gasteiger partial charge in [-0.1, -0.05) is 19.1 Å². The lowest BCUT2D eigenvalue weighted by Gasteiger charge is -2.31. The molecule has 5 nitrogen and oxygen atoms in total. The Kier molecular flexibility index (Phi) is 6.48. The van der Waals surface area contributed by atoms with Crippen molar-refractivity contribution in [3.05, 3.63) is 12.2 Å². The van der Waals surface area contributed by atoms with Crippen LogP contribution in [0.5, 0.6) is 0 Å². The van der Waals surface area contributed by atoms with E-state index in [0.29, 0.717) is 6.42 Å². The van der Waals surface area contributed by atoms with Gasteiger partial charge in [0.2, 0.25) is 0 Å². The third-order valence-electron chi connectivity index (χ3n) is 3.81.